The van der Waals surface area contributed by atoms with E-state index in [-0.39, 0.29) is 23.7 Å². The molecule has 5 heteroatoms. The third kappa shape index (κ3) is 5.55. The highest BCUT2D eigenvalue weighted by Crippen LogP contribution is 2.54. The fourth-order valence-electron chi connectivity index (χ4n) is 5.76. The molecule has 4 aromatic carbocycles. The normalized spacial score (nSPS) is 19.6. The highest BCUT2D eigenvalue weighted by molar-refractivity contribution is 5.83. The lowest BCUT2D eigenvalue weighted by molar-refractivity contribution is -0.117. The van der Waals surface area contributed by atoms with E-state index in [4.69, 9.17) is 18.9 Å². The summed E-state index contributed by atoms with van der Waals surface area (Å²) < 4.78 is 24.4. The molecule has 2 aliphatic rings. The minimum Gasteiger partial charge on any atom is -0.489 e. The first-order valence-electron chi connectivity index (χ1n) is 13.5. The minimum absolute atomic E-state index is 0.0702. The number of hydrogen-bond acceptors (Lipinski definition) is 5. The van der Waals surface area contributed by atoms with Gasteiger partial charge in [0.25, 0.3) is 0 Å². The molecule has 4 aromatic rings. The summed E-state index contributed by atoms with van der Waals surface area (Å²) in [7, 11) is 1.68. The van der Waals surface area contributed by atoms with Crippen molar-refractivity contribution >= 4 is 5.78 Å². The monoisotopic (exact) mass is 520 g/mol. The maximum atomic E-state index is 12.7. The predicted octanol–water partition coefficient (Wildman–Crippen LogP) is 7.19. The van der Waals surface area contributed by atoms with E-state index < -0.39 is 0 Å². The van der Waals surface area contributed by atoms with Gasteiger partial charge in [-0.3, -0.25) is 4.79 Å². The molecule has 1 aliphatic carbocycles. The van der Waals surface area contributed by atoms with Crippen molar-refractivity contribution in [1.29, 1.82) is 0 Å². The number of hydrogen-bond donors (Lipinski definition) is 0. The molecule has 0 amide bonds. The van der Waals surface area contributed by atoms with Gasteiger partial charge in [0.2, 0.25) is 0 Å². The molecule has 6 rings (SSSR count). The highest BCUT2D eigenvalue weighted by Gasteiger charge is 2.46. The number of ether oxygens (including phenoxy) is 4. The van der Waals surface area contributed by atoms with E-state index in [9.17, 15) is 4.79 Å². The molecule has 3 atom stereocenters. The van der Waals surface area contributed by atoms with Crippen LogP contribution in [0.25, 0.3) is 0 Å². The molecule has 1 aliphatic heterocycles. The topological polar surface area (TPSA) is 54.0 Å². The van der Waals surface area contributed by atoms with E-state index in [1.54, 1.807) is 7.11 Å². The number of ketones is 1. The summed E-state index contributed by atoms with van der Waals surface area (Å²) in [6, 6.07) is 32.4. The number of Topliss-reactive ketones (excluding diaryl/α,β-unsaturated/α-hetero) is 1. The summed E-state index contributed by atoms with van der Waals surface area (Å²) >= 11 is 0. The SMILES string of the molecule is COCc1cc(OCc2ccccc2)cc2c1O[C@@H](c1ccc(OCc3ccccc3)cc1)[C@H]1CC(=O)C[C@@H]21. The molecular formula is C34H32O5. The average Bonchev–Trinajstić information content (AvgIpc) is 3.38. The zero-order valence-electron chi connectivity index (χ0n) is 22.0. The first-order valence-corrected chi connectivity index (χ1v) is 13.5. The Labute approximate surface area is 229 Å². The van der Waals surface area contributed by atoms with Crippen LogP contribution < -0.4 is 14.2 Å². The van der Waals surface area contributed by atoms with E-state index in [2.05, 4.69) is 30.3 Å². The molecule has 0 aromatic heterocycles. The van der Waals surface area contributed by atoms with Crippen LogP contribution in [0, 0.1) is 5.92 Å². The van der Waals surface area contributed by atoms with Gasteiger partial charge in [0.15, 0.2) is 0 Å². The second kappa shape index (κ2) is 11.3. The van der Waals surface area contributed by atoms with Crippen LogP contribution in [0.3, 0.4) is 0 Å². The highest BCUT2D eigenvalue weighted by atomic mass is 16.5. The van der Waals surface area contributed by atoms with Gasteiger partial charge >= 0.3 is 0 Å². The zero-order valence-corrected chi connectivity index (χ0v) is 22.0. The van der Waals surface area contributed by atoms with Crippen LogP contribution in [0.4, 0.5) is 0 Å². The average molecular weight is 521 g/mol. The molecule has 1 heterocycles. The van der Waals surface area contributed by atoms with Crippen molar-refractivity contribution in [2.24, 2.45) is 5.92 Å². The van der Waals surface area contributed by atoms with Crippen molar-refractivity contribution < 1.29 is 23.7 Å². The fraction of sp³-hybridized carbons (Fsp3) is 0.265. The Morgan fingerprint density at radius 1 is 0.744 bits per heavy atom. The van der Waals surface area contributed by atoms with Crippen molar-refractivity contribution in [3.8, 4) is 17.2 Å². The minimum atomic E-state index is -0.219. The summed E-state index contributed by atoms with van der Waals surface area (Å²) in [5.74, 6) is 2.81. The Morgan fingerprint density at radius 3 is 2.03 bits per heavy atom. The molecule has 5 nitrogen and oxygen atoms in total. The fourth-order valence-corrected chi connectivity index (χ4v) is 5.76. The molecule has 0 radical (unpaired) electrons. The standard InChI is InChI=1S/C34H32O5/c1-36-22-26-16-29(38-21-24-10-6-3-7-11-24)19-32-30-17-27(35)18-31(30)33(39-34(26)32)25-12-14-28(15-13-25)37-20-23-8-4-2-5-9-23/h2-16,19,30-31,33H,17-18,20-22H2,1H3/t30-,31+,33+/m1/s1. The predicted molar refractivity (Wildman–Crippen MR) is 149 cm³/mol. The molecule has 1 saturated carbocycles. The van der Waals surface area contributed by atoms with Crippen molar-refractivity contribution in [2.75, 3.05) is 7.11 Å². The number of methoxy groups -OCH3 is 1. The largest absolute Gasteiger partial charge is 0.489 e. The number of fused-ring (bicyclic) bond motifs is 3. The van der Waals surface area contributed by atoms with Gasteiger partial charge in [0.1, 0.15) is 42.3 Å². The van der Waals surface area contributed by atoms with Crippen molar-refractivity contribution in [3.63, 3.8) is 0 Å². The van der Waals surface area contributed by atoms with Gasteiger partial charge in [-0.1, -0.05) is 72.8 Å². The van der Waals surface area contributed by atoms with E-state index in [1.165, 1.54) is 0 Å². The summed E-state index contributed by atoms with van der Waals surface area (Å²) in [5, 5.41) is 0. The van der Waals surface area contributed by atoms with E-state index in [0.29, 0.717) is 32.7 Å². The molecule has 0 bridgehead atoms. The van der Waals surface area contributed by atoms with Gasteiger partial charge in [-0.15, -0.1) is 0 Å². The van der Waals surface area contributed by atoms with Gasteiger partial charge in [0.05, 0.1) is 6.61 Å². The third-order valence-electron chi connectivity index (χ3n) is 7.63. The van der Waals surface area contributed by atoms with Gasteiger partial charge in [0, 0.05) is 42.9 Å². The maximum absolute atomic E-state index is 12.7. The number of rotatable bonds is 9. The van der Waals surface area contributed by atoms with Crippen LogP contribution in [0.15, 0.2) is 97.1 Å². The Morgan fingerprint density at radius 2 is 1.38 bits per heavy atom. The molecule has 39 heavy (non-hydrogen) atoms. The van der Waals surface area contributed by atoms with E-state index in [0.717, 1.165) is 45.1 Å². The Bertz CT molecular complexity index is 1420. The van der Waals surface area contributed by atoms with Crippen LogP contribution in [0.5, 0.6) is 17.2 Å². The number of benzene rings is 4. The quantitative estimate of drug-likeness (QED) is 0.234. The van der Waals surface area contributed by atoms with Crippen LogP contribution in [-0.4, -0.2) is 12.9 Å². The molecule has 0 saturated heterocycles. The summed E-state index contributed by atoms with van der Waals surface area (Å²) in [6.07, 6.45) is 0.809. The smallest absolute Gasteiger partial charge is 0.133 e. The van der Waals surface area contributed by atoms with Crippen molar-refractivity contribution in [3.05, 3.63) is 125 Å². The number of carbonyl (C=O) groups excluding carboxylic acids is 1. The van der Waals surface area contributed by atoms with E-state index >= 15 is 0 Å². The van der Waals surface area contributed by atoms with Gasteiger partial charge < -0.3 is 18.9 Å². The number of carbonyl (C=O) groups is 1. The first kappa shape index (κ1) is 25.2. The summed E-state index contributed by atoms with van der Waals surface area (Å²) in [6.45, 7) is 1.39. The molecule has 0 unspecified atom stereocenters. The van der Waals surface area contributed by atoms with Gasteiger partial charge in [-0.05, 0) is 41.0 Å². The summed E-state index contributed by atoms with van der Waals surface area (Å²) in [4.78, 5) is 12.7. The van der Waals surface area contributed by atoms with Gasteiger partial charge in [-0.25, -0.2) is 0 Å². The van der Waals surface area contributed by atoms with E-state index in [1.807, 2.05) is 66.7 Å². The second-order valence-corrected chi connectivity index (χ2v) is 10.3. The van der Waals surface area contributed by atoms with Crippen molar-refractivity contribution in [2.45, 2.75) is 44.7 Å². The maximum Gasteiger partial charge on any atom is 0.133 e. The van der Waals surface area contributed by atoms with Gasteiger partial charge in [-0.2, -0.15) is 0 Å². The Kier molecular flexibility index (Phi) is 7.33. The van der Waals surface area contributed by atoms with Crippen LogP contribution >= 0.6 is 0 Å². The molecule has 1 fully saturated rings. The molecule has 0 spiro atoms. The zero-order chi connectivity index (χ0) is 26.6. The van der Waals surface area contributed by atoms with Crippen molar-refractivity contribution in [1.82, 2.24) is 0 Å². The Balaban J connectivity index is 1.26. The summed E-state index contributed by atoms with van der Waals surface area (Å²) in [5.41, 5.74) is 5.25. The second-order valence-electron chi connectivity index (χ2n) is 10.3. The first-order chi connectivity index (χ1) is 19.2. The van der Waals surface area contributed by atoms with Crippen LogP contribution in [-0.2, 0) is 29.4 Å². The lowest BCUT2D eigenvalue weighted by atomic mass is 9.79. The molecular weight excluding hydrogens is 488 g/mol. The lowest BCUT2D eigenvalue weighted by Gasteiger charge is -2.37. The third-order valence-corrected chi connectivity index (χ3v) is 7.63. The lowest BCUT2D eigenvalue weighted by Crippen LogP contribution is -2.27. The van der Waals surface area contributed by atoms with Crippen LogP contribution in [0.1, 0.15) is 52.7 Å². The Hall–Kier alpha value is -4.09. The molecule has 198 valence electrons. The molecule has 0 N–H and O–H groups in total. The van der Waals surface area contributed by atoms with Crippen LogP contribution in [0.2, 0.25) is 0 Å².